The number of quaternary nitrogens is 2. The molecule has 3 nitrogen and oxygen atoms in total. The number of hydrogen-bond donors (Lipinski definition) is 3. The molecule has 3 heteroatoms. The molecular weight excluding hydrogens is 198 g/mol. The van der Waals surface area contributed by atoms with Crippen LogP contribution in [0.3, 0.4) is 0 Å². The van der Waals surface area contributed by atoms with Crippen LogP contribution in [0.25, 0.3) is 10.9 Å². The normalized spacial score (nSPS) is 13.1. The number of para-hydroxylation sites is 1. The van der Waals surface area contributed by atoms with E-state index >= 15 is 0 Å². The van der Waals surface area contributed by atoms with E-state index in [2.05, 4.69) is 53.4 Å². The lowest BCUT2D eigenvalue weighted by molar-refractivity contribution is -0.698. The van der Waals surface area contributed by atoms with Crippen molar-refractivity contribution in [1.82, 2.24) is 4.98 Å². The molecule has 2 rings (SSSR count). The molecular formula is C13H21N3+2. The highest BCUT2D eigenvalue weighted by Crippen LogP contribution is 2.18. The molecule has 86 valence electrons. The highest BCUT2D eigenvalue weighted by molar-refractivity contribution is 5.83. The Morgan fingerprint density at radius 2 is 2.19 bits per heavy atom. The minimum Gasteiger partial charge on any atom is -0.361 e. The van der Waals surface area contributed by atoms with Gasteiger partial charge in [-0.05, 0) is 18.6 Å². The van der Waals surface area contributed by atoms with Gasteiger partial charge in [0.05, 0.1) is 6.04 Å². The number of nitrogens with one attached hydrogen (secondary N) is 1. The molecule has 0 spiro atoms. The first-order valence-corrected chi connectivity index (χ1v) is 5.99. The Bertz CT molecular complexity index is 447. The summed E-state index contributed by atoms with van der Waals surface area (Å²) in [5, 5.41) is 3.73. The minimum absolute atomic E-state index is 0.626. The molecule has 16 heavy (non-hydrogen) atoms. The maximum Gasteiger partial charge on any atom is 0.125 e. The molecule has 0 saturated carbocycles. The molecule has 2 aromatic rings. The molecule has 0 radical (unpaired) electrons. The molecule has 1 aromatic heterocycles. The van der Waals surface area contributed by atoms with Crippen molar-refractivity contribution in [2.24, 2.45) is 0 Å². The summed E-state index contributed by atoms with van der Waals surface area (Å²) in [6.45, 7) is 4.39. The molecule has 0 aliphatic heterocycles. The van der Waals surface area contributed by atoms with Crippen molar-refractivity contribution >= 4 is 10.9 Å². The number of benzene rings is 1. The van der Waals surface area contributed by atoms with Crippen molar-refractivity contribution < 1.29 is 11.1 Å². The lowest BCUT2D eigenvalue weighted by Crippen LogP contribution is -2.92. The molecule has 1 aromatic carbocycles. The first-order valence-electron chi connectivity index (χ1n) is 5.99. The molecule has 0 aliphatic rings. The zero-order valence-electron chi connectivity index (χ0n) is 9.87. The summed E-state index contributed by atoms with van der Waals surface area (Å²) < 4.78 is 0. The van der Waals surface area contributed by atoms with Gasteiger partial charge in [-0.15, -0.1) is 0 Å². The lowest BCUT2D eigenvalue weighted by Gasteiger charge is -2.08. The van der Waals surface area contributed by atoms with Gasteiger partial charge in [-0.3, -0.25) is 0 Å². The largest absolute Gasteiger partial charge is 0.361 e. The molecule has 0 saturated heterocycles. The minimum atomic E-state index is 0.626. The summed E-state index contributed by atoms with van der Waals surface area (Å²) in [4.78, 5) is 3.32. The number of nitrogens with two attached hydrogens (primary N) is 1. The van der Waals surface area contributed by atoms with Crippen molar-refractivity contribution in [2.75, 3.05) is 13.1 Å². The molecule has 0 unspecified atom stereocenters. The van der Waals surface area contributed by atoms with Crippen LogP contribution in [-0.4, -0.2) is 24.1 Å². The number of aromatic amines is 1. The van der Waals surface area contributed by atoms with Gasteiger partial charge in [0.1, 0.15) is 13.1 Å². The maximum absolute atomic E-state index is 3.87. The first kappa shape index (κ1) is 11.2. The van der Waals surface area contributed by atoms with Crippen molar-refractivity contribution in [2.45, 2.75) is 19.4 Å². The van der Waals surface area contributed by atoms with Gasteiger partial charge in [-0.25, -0.2) is 0 Å². The van der Waals surface area contributed by atoms with E-state index in [0.717, 1.165) is 19.5 Å². The average Bonchev–Trinajstić information content (AvgIpc) is 2.70. The fraction of sp³-hybridized carbons (Fsp3) is 0.385. The van der Waals surface area contributed by atoms with Crippen LogP contribution in [0.5, 0.6) is 0 Å². The third-order valence-corrected chi connectivity index (χ3v) is 2.99. The van der Waals surface area contributed by atoms with Gasteiger partial charge in [0.25, 0.3) is 0 Å². The van der Waals surface area contributed by atoms with E-state index < -0.39 is 0 Å². The number of rotatable bonds is 5. The van der Waals surface area contributed by atoms with Gasteiger partial charge in [-0.2, -0.15) is 0 Å². The van der Waals surface area contributed by atoms with E-state index in [-0.39, 0.29) is 0 Å². The maximum atomic E-state index is 3.87. The van der Waals surface area contributed by atoms with Crippen molar-refractivity contribution in [1.29, 1.82) is 0 Å². The SMILES string of the molecule is C[C@@H](Cc1c[nH]c2ccccc12)[NH2+]CC[NH3+]. The summed E-state index contributed by atoms with van der Waals surface area (Å²) in [6, 6.07) is 9.12. The number of H-pyrrole nitrogens is 1. The number of hydrogen-bond acceptors (Lipinski definition) is 0. The van der Waals surface area contributed by atoms with Crippen LogP contribution in [0, 0.1) is 0 Å². The summed E-state index contributed by atoms with van der Waals surface area (Å²) in [5.74, 6) is 0. The first-order chi connectivity index (χ1) is 7.81. The molecule has 1 heterocycles. The number of fused-ring (bicyclic) bond motifs is 1. The Kier molecular flexibility index (Phi) is 3.59. The van der Waals surface area contributed by atoms with Crippen molar-refractivity contribution in [3.63, 3.8) is 0 Å². The molecule has 0 aliphatic carbocycles. The van der Waals surface area contributed by atoms with Gasteiger partial charge < -0.3 is 16.0 Å². The highest BCUT2D eigenvalue weighted by Gasteiger charge is 2.09. The Hall–Kier alpha value is -1.32. The van der Waals surface area contributed by atoms with Crippen molar-refractivity contribution in [3.05, 3.63) is 36.0 Å². The third kappa shape index (κ3) is 2.43. The van der Waals surface area contributed by atoms with E-state index in [1.54, 1.807) is 0 Å². The van der Waals surface area contributed by atoms with Crippen LogP contribution >= 0.6 is 0 Å². The topological polar surface area (TPSA) is 60.0 Å². The van der Waals surface area contributed by atoms with Gasteiger partial charge in [0, 0.05) is 23.5 Å². The summed E-state index contributed by atoms with van der Waals surface area (Å²) in [6.07, 6.45) is 3.25. The fourth-order valence-corrected chi connectivity index (χ4v) is 2.13. The molecule has 6 N–H and O–H groups in total. The van der Waals surface area contributed by atoms with Gasteiger partial charge in [-0.1, -0.05) is 18.2 Å². The molecule has 0 bridgehead atoms. The van der Waals surface area contributed by atoms with Crippen LogP contribution in [-0.2, 0) is 6.42 Å². The standard InChI is InChI=1S/C13H19N3/c1-10(15-7-6-14)8-11-9-16-13-5-3-2-4-12(11)13/h2-5,9-10,15-16H,6-8,14H2,1H3/p+2/t10-/m0/s1. The van der Waals surface area contributed by atoms with Crippen molar-refractivity contribution in [3.8, 4) is 0 Å². The third-order valence-electron chi connectivity index (χ3n) is 2.99. The summed E-state index contributed by atoms with van der Waals surface area (Å²) in [7, 11) is 0. The van der Waals surface area contributed by atoms with E-state index in [0.29, 0.717) is 6.04 Å². The quantitative estimate of drug-likeness (QED) is 0.629. The van der Waals surface area contributed by atoms with Gasteiger partial charge in [0.15, 0.2) is 0 Å². The molecule has 1 atom stereocenters. The Morgan fingerprint density at radius 3 is 3.00 bits per heavy atom. The second-order valence-corrected chi connectivity index (χ2v) is 4.42. The Morgan fingerprint density at radius 1 is 1.38 bits per heavy atom. The molecule has 0 amide bonds. The van der Waals surface area contributed by atoms with Gasteiger partial charge in [0.2, 0.25) is 0 Å². The monoisotopic (exact) mass is 219 g/mol. The predicted octanol–water partition coefficient (Wildman–Crippen LogP) is -0.0958. The van der Waals surface area contributed by atoms with Crippen LogP contribution in [0.2, 0.25) is 0 Å². The number of aromatic nitrogens is 1. The van der Waals surface area contributed by atoms with E-state index in [4.69, 9.17) is 0 Å². The van der Waals surface area contributed by atoms with Crippen LogP contribution < -0.4 is 11.1 Å². The molecule has 0 fully saturated rings. The Balaban J connectivity index is 2.09. The van der Waals surface area contributed by atoms with E-state index in [9.17, 15) is 0 Å². The summed E-state index contributed by atoms with van der Waals surface area (Å²) in [5.41, 5.74) is 6.52. The zero-order valence-corrected chi connectivity index (χ0v) is 9.87. The van der Waals surface area contributed by atoms with Crippen LogP contribution in [0.4, 0.5) is 0 Å². The van der Waals surface area contributed by atoms with Gasteiger partial charge >= 0.3 is 0 Å². The lowest BCUT2D eigenvalue weighted by atomic mass is 10.1. The van der Waals surface area contributed by atoms with E-state index in [1.807, 2.05) is 0 Å². The van der Waals surface area contributed by atoms with Crippen LogP contribution in [0.15, 0.2) is 30.5 Å². The predicted molar refractivity (Wildman–Crippen MR) is 66.0 cm³/mol. The average molecular weight is 219 g/mol. The zero-order chi connectivity index (χ0) is 11.4. The van der Waals surface area contributed by atoms with E-state index in [1.165, 1.54) is 16.5 Å². The fourth-order valence-electron chi connectivity index (χ4n) is 2.13. The Labute approximate surface area is 96.0 Å². The smallest absolute Gasteiger partial charge is 0.125 e. The second-order valence-electron chi connectivity index (χ2n) is 4.42. The second kappa shape index (κ2) is 5.14. The summed E-state index contributed by atoms with van der Waals surface area (Å²) >= 11 is 0. The van der Waals surface area contributed by atoms with Crippen LogP contribution in [0.1, 0.15) is 12.5 Å². The highest BCUT2D eigenvalue weighted by atomic mass is 14.9.